The predicted octanol–water partition coefficient (Wildman–Crippen LogP) is 5.39. The molecule has 4 heteroatoms. The number of aromatic hydroxyl groups is 1. The molecule has 0 radical (unpaired) electrons. The van der Waals surface area contributed by atoms with Crippen molar-refractivity contribution in [2.75, 3.05) is 12.9 Å². The fraction of sp³-hybridized carbons (Fsp3) is 0.727. The van der Waals surface area contributed by atoms with Crippen molar-refractivity contribution in [2.45, 2.75) is 64.7 Å². The van der Waals surface area contributed by atoms with Crippen LogP contribution < -0.4 is 4.74 Å². The number of fused-ring (bicyclic) bond motifs is 1. The van der Waals surface area contributed by atoms with Crippen molar-refractivity contribution in [3.8, 4) is 11.5 Å². The molecule has 5 atom stereocenters. The van der Waals surface area contributed by atoms with Crippen molar-refractivity contribution in [2.24, 2.45) is 28.6 Å². The zero-order chi connectivity index (χ0) is 19.1. The van der Waals surface area contributed by atoms with Gasteiger partial charge >= 0.3 is 0 Å². The van der Waals surface area contributed by atoms with E-state index >= 15 is 0 Å². The highest BCUT2D eigenvalue weighted by atomic mass is 32.2. The van der Waals surface area contributed by atoms with Crippen LogP contribution in [0.15, 0.2) is 23.1 Å². The molecule has 0 saturated heterocycles. The molecule has 1 aromatic carbocycles. The molecule has 2 aliphatic carbocycles. The van der Waals surface area contributed by atoms with Crippen LogP contribution in [-0.4, -0.2) is 22.2 Å². The van der Waals surface area contributed by atoms with Gasteiger partial charge in [-0.15, -0.1) is 0 Å². The first-order valence-electron chi connectivity index (χ1n) is 9.94. The second-order valence-corrected chi connectivity index (χ2v) is 10.9. The zero-order valence-corrected chi connectivity index (χ0v) is 17.7. The van der Waals surface area contributed by atoms with Crippen LogP contribution in [0.3, 0.4) is 0 Å². The van der Waals surface area contributed by atoms with Gasteiger partial charge in [0.1, 0.15) is 11.5 Å². The van der Waals surface area contributed by atoms with Crippen LogP contribution in [0.2, 0.25) is 0 Å². The standard InChI is InChI=1S/C22H34O3S/c1-15-7-8-20-21(2,3)9-6-10-22(20,4)19(15)14-26(24)18-12-16(23)11-17(13-18)25-5/h11-13,15,19-20,23H,6-10,14H2,1-5H3. The number of ether oxygens (including phenoxy) is 1. The minimum atomic E-state index is -1.13. The largest absolute Gasteiger partial charge is 0.508 e. The molecule has 2 aliphatic rings. The van der Waals surface area contributed by atoms with E-state index in [4.69, 9.17) is 4.74 Å². The van der Waals surface area contributed by atoms with Crippen LogP contribution in [0.25, 0.3) is 0 Å². The highest BCUT2D eigenvalue weighted by molar-refractivity contribution is 7.85. The van der Waals surface area contributed by atoms with Gasteiger partial charge < -0.3 is 9.84 Å². The second kappa shape index (κ2) is 7.18. The fourth-order valence-electron chi connectivity index (χ4n) is 6.03. The van der Waals surface area contributed by atoms with Gasteiger partial charge in [0, 0.05) is 16.7 Å². The lowest BCUT2D eigenvalue weighted by molar-refractivity contribution is -0.0853. The summed E-state index contributed by atoms with van der Waals surface area (Å²) in [6.07, 6.45) is 6.36. The average molecular weight is 379 g/mol. The topological polar surface area (TPSA) is 46.5 Å². The van der Waals surface area contributed by atoms with E-state index < -0.39 is 10.8 Å². The summed E-state index contributed by atoms with van der Waals surface area (Å²) in [6.45, 7) is 9.66. The van der Waals surface area contributed by atoms with E-state index in [2.05, 4.69) is 27.7 Å². The fourth-order valence-corrected chi connectivity index (χ4v) is 7.76. The third-order valence-electron chi connectivity index (χ3n) is 7.41. The SMILES string of the molecule is COc1cc(O)cc(S(=O)CC2C(C)CCC3C(C)(C)CCCC23C)c1. The molecule has 3 rings (SSSR count). The zero-order valence-electron chi connectivity index (χ0n) is 16.9. The summed E-state index contributed by atoms with van der Waals surface area (Å²) in [5, 5.41) is 9.92. The van der Waals surface area contributed by atoms with Crippen molar-refractivity contribution in [3.05, 3.63) is 18.2 Å². The van der Waals surface area contributed by atoms with Gasteiger partial charge in [-0.2, -0.15) is 0 Å². The van der Waals surface area contributed by atoms with E-state index in [-0.39, 0.29) is 11.2 Å². The molecule has 0 amide bonds. The number of phenolic OH excluding ortho intramolecular Hbond substituents is 1. The number of benzene rings is 1. The molecular formula is C22H34O3S. The van der Waals surface area contributed by atoms with Gasteiger partial charge in [-0.05, 0) is 60.0 Å². The molecule has 0 aromatic heterocycles. The Morgan fingerprint density at radius 2 is 1.92 bits per heavy atom. The van der Waals surface area contributed by atoms with E-state index in [9.17, 15) is 9.32 Å². The minimum Gasteiger partial charge on any atom is -0.508 e. The number of hydrogen-bond donors (Lipinski definition) is 1. The number of hydrogen-bond acceptors (Lipinski definition) is 3. The molecule has 0 spiro atoms. The maximum atomic E-state index is 13.2. The molecule has 0 aliphatic heterocycles. The monoisotopic (exact) mass is 378 g/mol. The summed E-state index contributed by atoms with van der Waals surface area (Å²) in [5.74, 6) is 3.11. The summed E-state index contributed by atoms with van der Waals surface area (Å²) in [4.78, 5) is 0.676. The Labute approximate surface area is 161 Å². The molecule has 2 fully saturated rings. The average Bonchev–Trinajstić information content (AvgIpc) is 2.56. The van der Waals surface area contributed by atoms with Crippen LogP contribution in [0.5, 0.6) is 11.5 Å². The summed E-state index contributed by atoms with van der Waals surface area (Å²) < 4.78 is 18.4. The molecule has 2 saturated carbocycles. The Morgan fingerprint density at radius 1 is 1.19 bits per heavy atom. The Kier molecular flexibility index (Phi) is 5.45. The third kappa shape index (κ3) is 3.54. The third-order valence-corrected chi connectivity index (χ3v) is 8.84. The predicted molar refractivity (Wildman–Crippen MR) is 107 cm³/mol. The molecule has 1 aromatic rings. The van der Waals surface area contributed by atoms with Gasteiger partial charge in [0.25, 0.3) is 0 Å². The highest BCUT2D eigenvalue weighted by Gasteiger charge is 2.53. The van der Waals surface area contributed by atoms with Crippen molar-refractivity contribution in [1.29, 1.82) is 0 Å². The Hall–Kier alpha value is -1.03. The smallest absolute Gasteiger partial charge is 0.123 e. The van der Waals surface area contributed by atoms with E-state index in [0.29, 0.717) is 39.6 Å². The normalized spacial score (nSPS) is 34.7. The van der Waals surface area contributed by atoms with Crippen LogP contribution in [0, 0.1) is 28.6 Å². The Morgan fingerprint density at radius 3 is 2.62 bits per heavy atom. The van der Waals surface area contributed by atoms with Crippen LogP contribution in [-0.2, 0) is 10.8 Å². The lowest BCUT2D eigenvalue weighted by Crippen LogP contribution is -2.52. The molecular weight excluding hydrogens is 344 g/mol. The molecule has 0 heterocycles. The molecule has 3 nitrogen and oxygen atoms in total. The van der Waals surface area contributed by atoms with Gasteiger partial charge in [-0.25, -0.2) is 0 Å². The van der Waals surface area contributed by atoms with Crippen molar-refractivity contribution >= 4 is 10.8 Å². The van der Waals surface area contributed by atoms with Crippen molar-refractivity contribution in [3.63, 3.8) is 0 Å². The first-order valence-corrected chi connectivity index (χ1v) is 11.3. The van der Waals surface area contributed by atoms with Gasteiger partial charge in [0.05, 0.1) is 17.9 Å². The maximum absolute atomic E-state index is 13.2. The summed E-state index contributed by atoms with van der Waals surface area (Å²) >= 11 is 0. The number of methoxy groups -OCH3 is 1. The molecule has 146 valence electrons. The van der Waals surface area contributed by atoms with Gasteiger partial charge in [0.2, 0.25) is 0 Å². The second-order valence-electron chi connectivity index (χ2n) is 9.44. The first-order chi connectivity index (χ1) is 12.2. The van der Waals surface area contributed by atoms with Crippen LogP contribution >= 0.6 is 0 Å². The van der Waals surface area contributed by atoms with E-state index in [1.165, 1.54) is 32.1 Å². The van der Waals surface area contributed by atoms with Gasteiger partial charge in [-0.3, -0.25) is 4.21 Å². The van der Waals surface area contributed by atoms with Gasteiger partial charge in [0.15, 0.2) is 0 Å². The first kappa shape index (κ1) is 19.7. The lowest BCUT2D eigenvalue weighted by atomic mass is 9.47. The quantitative estimate of drug-likeness (QED) is 0.764. The Balaban J connectivity index is 1.87. The molecule has 1 N–H and O–H groups in total. The van der Waals surface area contributed by atoms with E-state index in [0.717, 1.165) is 0 Å². The number of phenols is 1. The van der Waals surface area contributed by atoms with E-state index in [1.54, 1.807) is 25.3 Å². The van der Waals surface area contributed by atoms with Gasteiger partial charge in [-0.1, -0.05) is 40.5 Å². The summed E-state index contributed by atoms with van der Waals surface area (Å²) in [7, 11) is 0.440. The summed E-state index contributed by atoms with van der Waals surface area (Å²) in [6, 6.07) is 4.98. The molecule has 0 bridgehead atoms. The molecule has 26 heavy (non-hydrogen) atoms. The lowest BCUT2D eigenvalue weighted by Gasteiger charge is -2.59. The maximum Gasteiger partial charge on any atom is 0.123 e. The number of rotatable bonds is 4. The van der Waals surface area contributed by atoms with Crippen LogP contribution in [0.1, 0.15) is 59.8 Å². The van der Waals surface area contributed by atoms with E-state index in [1.807, 2.05) is 0 Å². The highest BCUT2D eigenvalue weighted by Crippen LogP contribution is 2.61. The van der Waals surface area contributed by atoms with Crippen molar-refractivity contribution < 1.29 is 14.1 Å². The van der Waals surface area contributed by atoms with Crippen LogP contribution in [0.4, 0.5) is 0 Å². The van der Waals surface area contributed by atoms with Crippen molar-refractivity contribution in [1.82, 2.24) is 0 Å². The Bertz CT molecular complexity index is 684. The molecule has 5 unspecified atom stereocenters. The summed E-state index contributed by atoms with van der Waals surface area (Å²) in [5.41, 5.74) is 0.636. The minimum absolute atomic E-state index is 0.118.